The summed E-state index contributed by atoms with van der Waals surface area (Å²) in [6.45, 7) is 8.12. The predicted octanol–water partition coefficient (Wildman–Crippen LogP) is 0.435. The van der Waals surface area contributed by atoms with Gasteiger partial charge in [-0.25, -0.2) is 8.42 Å². The van der Waals surface area contributed by atoms with Gasteiger partial charge >= 0.3 is 0 Å². The normalized spacial score (nSPS) is 18.3. The summed E-state index contributed by atoms with van der Waals surface area (Å²) in [5, 5.41) is 0. The standard InChI is InChI=1S/C15H24N2O2S/c1-3-11-20(18,19)17-9-7-16(8-10-17)13-15-6-4-5-14(2)12-15/h4-6,12H,3,7-11,13H2,1-2H3/p+1. The second-order valence-electron chi connectivity index (χ2n) is 5.63. The Bertz CT molecular complexity index is 535. The van der Waals surface area contributed by atoms with Crippen LogP contribution in [0.1, 0.15) is 24.5 Å². The maximum atomic E-state index is 12.0. The van der Waals surface area contributed by atoms with Gasteiger partial charge in [-0.1, -0.05) is 36.8 Å². The van der Waals surface area contributed by atoms with Gasteiger partial charge < -0.3 is 4.90 Å². The number of aryl methyl sites for hydroxylation is 1. The van der Waals surface area contributed by atoms with Crippen molar-refractivity contribution in [1.29, 1.82) is 0 Å². The summed E-state index contributed by atoms with van der Waals surface area (Å²) in [7, 11) is -3.02. The van der Waals surface area contributed by atoms with Crippen LogP contribution in [-0.4, -0.2) is 44.7 Å². The van der Waals surface area contributed by atoms with Gasteiger partial charge in [-0.15, -0.1) is 0 Å². The van der Waals surface area contributed by atoms with Gasteiger partial charge in [-0.2, -0.15) is 4.31 Å². The van der Waals surface area contributed by atoms with E-state index < -0.39 is 10.0 Å². The van der Waals surface area contributed by atoms with Crippen LogP contribution in [0.4, 0.5) is 0 Å². The quantitative estimate of drug-likeness (QED) is 0.857. The minimum Gasteiger partial charge on any atom is -0.329 e. The minimum atomic E-state index is -3.02. The summed E-state index contributed by atoms with van der Waals surface area (Å²) in [6.07, 6.45) is 0.693. The highest BCUT2D eigenvalue weighted by atomic mass is 32.2. The fraction of sp³-hybridized carbons (Fsp3) is 0.600. The number of piperazine rings is 1. The van der Waals surface area contributed by atoms with E-state index in [1.54, 1.807) is 4.31 Å². The largest absolute Gasteiger partial charge is 0.329 e. The molecule has 0 spiro atoms. The lowest BCUT2D eigenvalue weighted by Crippen LogP contribution is -3.13. The molecule has 20 heavy (non-hydrogen) atoms. The molecule has 0 atom stereocenters. The van der Waals surface area contributed by atoms with Crippen molar-refractivity contribution in [3.63, 3.8) is 0 Å². The molecule has 0 radical (unpaired) electrons. The van der Waals surface area contributed by atoms with Gasteiger partial charge in [-0.05, 0) is 13.3 Å². The van der Waals surface area contributed by atoms with Crippen molar-refractivity contribution >= 4 is 10.0 Å². The fourth-order valence-electron chi connectivity index (χ4n) is 2.76. The van der Waals surface area contributed by atoms with Crippen LogP contribution in [0, 0.1) is 6.92 Å². The van der Waals surface area contributed by atoms with E-state index in [1.165, 1.54) is 16.0 Å². The molecule has 0 bridgehead atoms. The lowest BCUT2D eigenvalue weighted by Gasteiger charge is -2.31. The van der Waals surface area contributed by atoms with Crippen molar-refractivity contribution in [2.75, 3.05) is 31.9 Å². The lowest BCUT2D eigenvalue weighted by molar-refractivity contribution is -0.917. The number of benzene rings is 1. The van der Waals surface area contributed by atoms with E-state index in [0.717, 1.165) is 19.6 Å². The van der Waals surface area contributed by atoms with Crippen LogP contribution in [0.5, 0.6) is 0 Å². The summed E-state index contributed by atoms with van der Waals surface area (Å²) < 4.78 is 25.7. The van der Waals surface area contributed by atoms with Gasteiger partial charge in [0.05, 0.1) is 31.9 Å². The van der Waals surface area contributed by atoms with Crippen molar-refractivity contribution < 1.29 is 13.3 Å². The SMILES string of the molecule is CCCS(=O)(=O)N1CC[NH+](Cc2cccc(C)c2)CC1. The molecule has 1 heterocycles. The molecule has 2 rings (SSSR count). The third-order valence-corrected chi connectivity index (χ3v) is 5.90. The summed E-state index contributed by atoms with van der Waals surface area (Å²) in [6, 6.07) is 8.56. The van der Waals surface area contributed by atoms with Crippen molar-refractivity contribution in [2.45, 2.75) is 26.8 Å². The first-order chi connectivity index (χ1) is 9.51. The average Bonchev–Trinajstić information content (AvgIpc) is 2.39. The summed E-state index contributed by atoms with van der Waals surface area (Å²) >= 11 is 0. The van der Waals surface area contributed by atoms with Crippen molar-refractivity contribution in [1.82, 2.24) is 4.31 Å². The van der Waals surface area contributed by atoms with Gasteiger partial charge in [-0.3, -0.25) is 0 Å². The molecule has 5 heteroatoms. The Balaban J connectivity index is 1.89. The third-order valence-electron chi connectivity index (χ3n) is 3.82. The molecule has 0 amide bonds. The molecule has 1 aliphatic rings. The Morgan fingerprint density at radius 2 is 1.95 bits per heavy atom. The fourth-order valence-corrected chi connectivity index (χ4v) is 4.27. The maximum absolute atomic E-state index is 12.0. The zero-order valence-electron chi connectivity index (χ0n) is 12.4. The third kappa shape index (κ3) is 4.04. The number of hydrogen-bond acceptors (Lipinski definition) is 2. The molecule has 0 unspecified atom stereocenters. The molecule has 112 valence electrons. The number of quaternary nitrogens is 1. The zero-order chi connectivity index (χ0) is 14.6. The van der Waals surface area contributed by atoms with Crippen molar-refractivity contribution in [2.24, 2.45) is 0 Å². The van der Waals surface area contributed by atoms with Gasteiger partial charge in [0.25, 0.3) is 0 Å². The van der Waals surface area contributed by atoms with E-state index in [-0.39, 0.29) is 5.75 Å². The topological polar surface area (TPSA) is 41.8 Å². The van der Waals surface area contributed by atoms with Crippen molar-refractivity contribution in [3.05, 3.63) is 35.4 Å². The Labute approximate surface area is 122 Å². The van der Waals surface area contributed by atoms with Crippen molar-refractivity contribution in [3.8, 4) is 0 Å². The average molecular weight is 297 g/mol. The molecule has 1 aliphatic heterocycles. The Kier molecular flexibility index (Phi) is 5.18. The molecule has 1 aromatic rings. The van der Waals surface area contributed by atoms with Crippen LogP contribution in [-0.2, 0) is 16.6 Å². The van der Waals surface area contributed by atoms with Gasteiger partial charge in [0.15, 0.2) is 0 Å². The first kappa shape index (κ1) is 15.5. The summed E-state index contributed by atoms with van der Waals surface area (Å²) in [5.41, 5.74) is 2.62. The minimum absolute atomic E-state index is 0.278. The highest BCUT2D eigenvalue weighted by Crippen LogP contribution is 2.05. The van der Waals surface area contributed by atoms with Crippen LogP contribution >= 0.6 is 0 Å². The van der Waals surface area contributed by atoms with E-state index in [1.807, 2.05) is 6.92 Å². The van der Waals surface area contributed by atoms with Crippen LogP contribution in [0.25, 0.3) is 0 Å². The summed E-state index contributed by atoms with van der Waals surface area (Å²) in [5.74, 6) is 0.278. The molecular weight excluding hydrogens is 272 g/mol. The van der Waals surface area contributed by atoms with E-state index in [0.29, 0.717) is 19.5 Å². The molecule has 0 aromatic heterocycles. The number of nitrogens with zero attached hydrogens (tertiary/aromatic N) is 1. The van der Waals surface area contributed by atoms with Crippen LogP contribution in [0.3, 0.4) is 0 Å². The number of nitrogens with one attached hydrogen (secondary N) is 1. The molecule has 1 aromatic carbocycles. The molecule has 1 N–H and O–H groups in total. The smallest absolute Gasteiger partial charge is 0.214 e. The predicted molar refractivity (Wildman–Crippen MR) is 81.2 cm³/mol. The number of hydrogen-bond donors (Lipinski definition) is 1. The second kappa shape index (κ2) is 6.70. The van der Waals surface area contributed by atoms with Crippen LogP contribution in [0.2, 0.25) is 0 Å². The first-order valence-electron chi connectivity index (χ1n) is 7.38. The molecular formula is C15H25N2O2S+. The highest BCUT2D eigenvalue weighted by molar-refractivity contribution is 7.89. The van der Waals surface area contributed by atoms with E-state index >= 15 is 0 Å². The molecule has 1 fully saturated rings. The number of rotatable bonds is 5. The molecule has 0 saturated carbocycles. The Hall–Kier alpha value is -0.910. The first-order valence-corrected chi connectivity index (χ1v) is 8.99. The molecule has 1 saturated heterocycles. The van der Waals surface area contributed by atoms with Gasteiger partial charge in [0, 0.05) is 5.56 Å². The monoisotopic (exact) mass is 297 g/mol. The van der Waals surface area contributed by atoms with Gasteiger partial charge in [0.2, 0.25) is 10.0 Å². The van der Waals surface area contributed by atoms with E-state index in [9.17, 15) is 8.42 Å². The van der Waals surface area contributed by atoms with Crippen LogP contribution < -0.4 is 4.90 Å². The highest BCUT2D eigenvalue weighted by Gasteiger charge is 2.28. The van der Waals surface area contributed by atoms with E-state index in [4.69, 9.17) is 0 Å². The summed E-state index contributed by atoms with van der Waals surface area (Å²) in [4.78, 5) is 1.47. The second-order valence-corrected chi connectivity index (χ2v) is 7.72. The molecule has 4 nitrogen and oxygen atoms in total. The van der Waals surface area contributed by atoms with Gasteiger partial charge in [0.1, 0.15) is 6.54 Å². The van der Waals surface area contributed by atoms with Crippen LogP contribution in [0.15, 0.2) is 24.3 Å². The molecule has 0 aliphatic carbocycles. The van der Waals surface area contributed by atoms with E-state index in [2.05, 4.69) is 31.2 Å². The lowest BCUT2D eigenvalue weighted by atomic mass is 10.1. The number of sulfonamides is 1. The maximum Gasteiger partial charge on any atom is 0.214 e. The Morgan fingerprint density at radius 1 is 1.25 bits per heavy atom. The zero-order valence-corrected chi connectivity index (χ0v) is 13.2. The Morgan fingerprint density at radius 3 is 2.55 bits per heavy atom.